The summed E-state index contributed by atoms with van der Waals surface area (Å²) in [6.45, 7) is 13.2. The molecule has 6 heteroatoms. The molecule has 0 aliphatic rings. The molecule has 5 nitrogen and oxygen atoms in total. The van der Waals surface area contributed by atoms with E-state index in [9.17, 15) is 9.59 Å². The van der Waals surface area contributed by atoms with Gasteiger partial charge in [0.2, 0.25) is 0 Å². The second-order valence-electron chi connectivity index (χ2n) is 9.36. The number of carbonyl (C=O) groups is 2. The number of carbonyl (C=O) groups excluding carboxylic acids is 2. The van der Waals surface area contributed by atoms with E-state index in [-0.39, 0.29) is 59.7 Å². The third kappa shape index (κ3) is 20.3. The van der Waals surface area contributed by atoms with Gasteiger partial charge in [-0.2, -0.15) is 0 Å². The third-order valence-corrected chi connectivity index (χ3v) is 4.65. The number of esters is 2. The SMILES string of the molecule is CC(C)=CCC/C(C)=C/COC(=O)C[N+](C)(C)CC(=O)OC/C=C(\C)CCC=C(C)C.[Br-]. The maximum absolute atomic E-state index is 12.1. The zero-order chi connectivity index (χ0) is 23.9. The van der Waals surface area contributed by atoms with E-state index in [4.69, 9.17) is 9.47 Å². The van der Waals surface area contributed by atoms with Crippen molar-refractivity contribution in [3.63, 3.8) is 0 Å². The summed E-state index contributed by atoms with van der Waals surface area (Å²) in [6.07, 6.45) is 12.2. The van der Waals surface area contributed by atoms with E-state index in [0.29, 0.717) is 0 Å². The van der Waals surface area contributed by atoms with E-state index >= 15 is 0 Å². The van der Waals surface area contributed by atoms with Gasteiger partial charge in [0.1, 0.15) is 13.2 Å². The lowest BCUT2D eigenvalue weighted by Crippen LogP contribution is -3.00. The lowest BCUT2D eigenvalue weighted by atomic mass is 10.1. The van der Waals surface area contributed by atoms with Gasteiger partial charge in [-0.25, -0.2) is 9.59 Å². The summed E-state index contributed by atoms with van der Waals surface area (Å²) in [7, 11) is 3.65. The number of ether oxygens (including phenoxy) is 2. The molecule has 0 saturated carbocycles. The van der Waals surface area contributed by atoms with Gasteiger partial charge in [0.15, 0.2) is 13.1 Å². The lowest BCUT2D eigenvalue weighted by molar-refractivity contribution is -0.875. The summed E-state index contributed by atoms with van der Waals surface area (Å²) >= 11 is 0. The second kappa shape index (κ2) is 17.8. The van der Waals surface area contributed by atoms with Crippen molar-refractivity contribution in [1.29, 1.82) is 0 Å². The Bertz CT molecular complexity index is 637. The van der Waals surface area contributed by atoms with Crippen molar-refractivity contribution >= 4 is 11.9 Å². The zero-order valence-corrected chi connectivity index (χ0v) is 23.0. The molecule has 0 saturated heterocycles. The molecule has 0 spiro atoms. The molecule has 0 aliphatic heterocycles. The molecule has 0 atom stereocenters. The maximum atomic E-state index is 12.1. The molecule has 0 fully saturated rings. The normalized spacial score (nSPS) is 11.9. The smallest absolute Gasteiger partial charge is 0.362 e. The molecular formula is C26H44BrNO4. The zero-order valence-electron chi connectivity index (χ0n) is 21.4. The number of quaternary nitrogens is 1. The van der Waals surface area contributed by atoms with E-state index < -0.39 is 0 Å². The largest absolute Gasteiger partial charge is 1.00 e. The first-order chi connectivity index (χ1) is 14.4. The van der Waals surface area contributed by atoms with Gasteiger partial charge in [0.25, 0.3) is 0 Å². The highest BCUT2D eigenvalue weighted by atomic mass is 79.9. The molecule has 0 rings (SSSR count). The van der Waals surface area contributed by atoms with Crippen molar-refractivity contribution in [2.75, 3.05) is 40.4 Å². The van der Waals surface area contributed by atoms with Crippen LogP contribution in [0, 0.1) is 0 Å². The fraction of sp³-hybridized carbons (Fsp3) is 0.615. The summed E-state index contributed by atoms with van der Waals surface area (Å²) in [5.74, 6) is -0.637. The average molecular weight is 515 g/mol. The van der Waals surface area contributed by atoms with Crippen LogP contribution >= 0.6 is 0 Å². The Balaban J connectivity index is 0. The number of likely N-dealkylation sites (N-methyl/N-ethyl adjacent to an activating group) is 1. The van der Waals surface area contributed by atoms with Gasteiger partial charge in [0.05, 0.1) is 14.1 Å². The van der Waals surface area contributed by atoms with Crippen molar-refractivity contribution in [3.05, 3.63) is 46.6 Å². The quantitative estimate of drug-likeness (QED) is 0.203. The molecule has 0 aromatic rings. The number of hydrogen-bond donors (Lipinski definition) is 0. The fourth-order valence-electron chi connectivity index (χ4n) is 2.78. The van der Waals surface area contributed by atoms with Crippen molar-refractivity contribution in [2.24, 2.45) is 0 Å². The van der Waals surface area contributed by atoms with Gasteiger partial charge in [-0.15, -0.1) is 0 Å². The molecular weight excluding hydrogens is 470 g/mol. The van der Waals surface area contributed by atoms with Gasteiger partial charge in [-0.05, 0) is 79.4 Å². The van der Waals surface area contributed by atoms with Gasteiger partial charge in [-0.1, -0.05) is 34.4 Å². The number of allylic oxidation sites excluding steroid dienone is 6. The molecule has 0 unspecified atom stereocenters. The summed E-state index contributed by atoms with van der Waals surface area (Å²) in [5.41, 5.74) is 5.02. The van der Waals surface area contributed by atoms with E-state index in [1.807, 2.05) is 40.1 Å². The average Bonchev–Trinajstić information content (AvgIpc) is 2.59. The van der Waals surface area contributed by atoms with Crippen LogP contribution < -0.4 is 17.0 Å². The Hall–Kier alpha value is -1.66. The predicted molar refractivity (Wildman–Crippen MR) is 129 cm³/mol. The first-order valence-electron chi connectivity index (χ1n) is 11.1. The highest BCUT2D eigenvalue weighted by Crippen LogP contribution is 2.08. The Morgan fingerprint density at radius 2 is 1.00 bits per heavy atom. The topological polar surface area (TPSA) is 52.6 Å². The molecule has 0 aromatic carbocycles. The molecule has 0 radical (unpaired) electrons. The lowest BCUT2D eigenvalue weighted by Gasteiger charge is -2.27. The van der Waals surface area contributed by atoms with Crippen molar-refractivity contribution in [1.82, 2.24) is 0 Å². The number of rotatable bonds is 14. The third-order valence-electron chi connectivity index (χ3n) is 4.65. The fourth-order valence-corrected chi connectivity index (χ4v) is 2.78. The van der Waals surface area contributed by atoms with Crippen LogP contribution in [-0.4, -0.2) is 56.8 Å². The Kier molecular flexibility index (Phi) is 18.1. The maximum Gasteiger partial charge on any atom is 0.362 e. The van der Waals surface area contributed by atoms with E-state index in [1.54, 1.807) is 0 Å². The van der Waals surface area contributed by atoms with Crippen molar-refractivity contribution < 1.29 is 40.5 Å². The van der Waals surface area contributed by atoms with Crippen LogP contribution in [0.15, 0.2) is 46.6 Å². The molecule has 0 heterocycles. The van der Waals surface area contributed by atoms with Crippen molar-refractivity contribution in [2.45, 2.75) is 67.2 Å². The molecule has 0 aromatic heterocycles. The van der Waals surface area contributed by atoms with Gasteiger partial charge in [0, 0.05) is 0 Å². The Morgan fingerprint density at radius 3 is 1.31 bits per heavy atom. The van der Waals surface area contributed by atoms with E-state index in [0.717, 1.165) is 25.7 Å². The minimum absolute atomic E-state index is 0. The second-order valence-corrected chi connectivity index (χ2v) is 9.36. The van der Waals surface area contributed by atoms with Crippen LogP contribution in [0.4, 0.5) is 0 Å². The summed E-state index contributed by atoms with van der Waals surface area (Å²) in [4.78, 5) is 24.3. The highest BCUT2D eigenvalue weighted by Gasteiger charge is 2.25. The van der Waals surface area contributed by atoms with Gasteiger partial charge >= 0.3 is 11.9 Å². The first kappa shape index (κ1) is 32.5. The van der Waals surface area contributed by atoms with Gasteiger partial charge in [-0.3, -0.25) is 0 Å². The van der Waals surface area contributed by atoms with Crippen LogP contribution in [0.1, 0.15) is 67.2 Å². The van der Waals surface area contributed by atoms with Crippen LogP contribution in [0.25, 0.3) is 0 Å². The molecule has 0 bridgehead atoms. The van der Waals surface area contributed by atoms with E-state index in [2.05, 4.69) is 39.8 Å². The standard InChI is InChI=1S/C26H44NO4.BrH/c1-21(2)11-9-13-23(5)15-17-30-25(28)19-27(7,8)20-26(29)31-18-16-24(6)14-10-12-22(3)4;/h11-12,15-16H,9-10,13-14,17-20H2,1-8H3;1H/q+1;/p-1/b23-15+,24-16+;. The molecule has 32 heavy (non-hydrogen) atoms. The summed E-state index contributed by atoms with van der Waals surface area (Å²) in [5, 5.41) is 0. The molecule has 0 N–H and O–H groups in total. The van der Waals surface area contributed by atoms with E-state index in [1.165, 1.54) is 22.3 Å². The number of hydrogen-bond acceptors (Lipinski definition) is 4. The van der Waals surface area contributed by atoms with Crippen LogP contribution in [0.2, 0.25) is 0 Å². The highest BCUT2D eigenvalue weighted by molar-refractivity contribution is 5.73. The monoisotopic (exact) mass is 513 g/mol. The van der Waals surface area contributed by atoms with Crippen molar-refractivity contribution in [3.8, 4) is 0 Å². The number of halogens is 1. The minimum Gasteiger partial charge on any atom is -1.00 e. The van der Waals surface area contributed by atoms with Gasteiger partial charge < -0.3 is 30.9 Å². The van der Waals surface area contributed by atoms with Crippen LogP contribution in [0.5, 0.6) is 0 Å². The Labute approximate surface area is 206 Å². The summed E-state index contributed by atoms with van der Waals surface area (Å²) < 4.78 is 10.8. The summed E-state index contributed by atoms with van der Waals surface area (Å²) in [6, 6.07) is 0. The first-order valence-corrected chi connectivity index (χ1v) is 11.1. The molecule has 184 valence electrons. The van der Waals surface area contributed by atoms with Crippen LogP contribution in [0.3, 0.4) is 0 Å². The molecule has 0 aliphatic carbocycles. The number of nitrogens with zero attached hydrogens (tertiary/aromatic N) is 1. The molecule has 0 amide bonds. The Morgan fingerprint density at radius 1 is 0.656 bits per heavy atom. The minimum atomic E-state index is -0.318. The predicted octanol–water partition coefficient (Wildman–Crippen LogP) is 2.54. The van der Waals surface area contributed by atoms with Crippen LogP contribution in [-0.2, 0) is 19.1 Å².